The van der Waals surface area contributed by atoms with E-state index in [4.69, 9.17) is 11.6 Å². The van der Waals surface area contributed by atoms with Gasteiger partial charge >= 0.3 is 0 Å². The van der Waals surface area contributed by atoms with Crippen LogP contribution in [0, 0.1) is 0 Å². The topological polar surface area (TPSA) is 57.8 Å². The largest absolute Gasteiger partial charge is 0.356 e. The van der Waals surface area contributed by atoms with Crippen LogP contribution in [0.2, 0.25) is 0 Å². The molecule has 0 aliphatic rings. The number of anilines is 1. The van der Waals surface area contributed by atoms with Gasteiger partial charge in [0.2, 0.25) is 5.95 Å². The molecule has 0 aliphatic carbocycles. The Kier molecular flexibility index (Phi) is 7.17. The lowest BCUT2D eigenvalue weighted by Gasteiger charge is -2.03. The Balaban J connectivity index is 0.00000196. The summed E-state index contributed by atoms with van der Waals surface area (Å²) in [5.41, 5.74) is 0.515. The second-order valence-electron chi connectivity index (χ2n) is 2.95. The van der Waals surface area contributed by atoms with Gasteiger partial charge in [-0.15, -0.1) is 24.0 Å². The number of H-pyrrole nitrogens is 1. The van der Waals surface area contributed by atoms with E-state index in [1.165, 1.54) is 0 Å². The van der Waals surface area contributed by atoms with Crippen LogP contribution < -0.4 is 10.9 Å². The minimum absolute atomic E-state index is 0. The zero-order chi connectivity index (χ0) is 10.4. The number of nitrogens with zero attached hydrogens (tertiary/aromatic N) is 1. The number of aryl methyl sites for hydroxylation is 1. The van der Waals surface area contributed by atoms with Crippen LogP contribution in [0.5, 0.6) is 0 Å². The highest BCUT2D eigenvalue weighted by Crippen LogP contribution is 1.97. The summed E-state index contributed by atoms with van der Waals surface area (Å²) in [5, 5.41) is 3.00. The van der Waals surface area contributed by atoms with Crippen molar-refractivity contribution in [1.29, 1.82) is 0 Å². The summed E-state index contributed by atoms with van der Waals surface area (Å²) in [6, 6.07) is 0. The maximum atomic E-state index is 11.4. The van der Waals surface area contributed by atoms with Crippen LogP contribution in [0.1, 0.15) is 18.9 Å². The summed E-state index contributed by atoms with van der Waals surface area (Å²) in [7, 11) is 0. The van der Waals surface area contributed by atoms with Crippen LogP contribution in [-0.2, 0) is 6.42 Å². The van der Waals surface area contributed by atoms with Crippen molar-refractivity contribution in [2.75, 3.05) is 17.7 Å². The smallest absolute Gasteiger partial charge is 0.255 e. The predicted octanol–water partition coefficient (Wildman–Crippen LogP) is 1.79. The summed E-state index contributed by atoms with van der Waals surface area (Å²) >= 11 is 5.54. The molecule has 0 radical (unpaired) electrons. The van der Waals surface area contributed by atoms with Crippen molar-refractivity contribution in [1.82, 2.24) is 9.97 Å². The van der Waals surface area contributed by atoms with E-state index in [1.54, 1.807) is 6.20 Å². The average Bonchev–Trinajstić information content (AvgIpc) is 2.19. The lowest BCUT2D eigenvalue weighted by Crippen LogP contribution is -2.17. The number of aromatic nitrogens is 2. The minimum atomic E-state index is -0.112. The third-order valence-electron chi connectivity index (χ3n) is 1.78. The molecule has 4 nitrogen and oxygen atoms in total. The number of rotatable bonds is 5. The van der Waals surface area contributed by atoms with E-state index in [1.807, 2.05) is 6.92 Å². The van der Waals surface area contributed by atoms with E-state index < -0.39 is 0 Å². The van der Waals surface area contributed by atoms with Gasteiger partial charge < -0.3 is 5.32 Å². The molecule has 86 valence electrons. The normalized spacial score (nSPS) is 9.47. The predicted molar refractivity (Wildman–Crippen MR) is 65.3 cm³/mol. The van der Waals surface area contributed by atoms with E-state index in [2.05, 4.69) is 15.3 Å². The number of nitrogens with one attached hydrogen (secondary N) is 2. The van der Waals surface area contributed by atoms with E-state index >= 15 is 0 Å². The Labute approximate surface area is 99.9 Å². The van der Waals surface area contributed by atoms with Crippen molar-refractivity contribution in [3.05, 3.63) is 22.1 Å². The summed E-state index contributed by atoms with van der Waals surface area (Å²) in [5.74, 6) is 0.960. The number of alkyl halides is 1. The first kappa shape index (κ1) is 14.3. The van der Waals surface area contributed by atoms with Crippen LogP contribution in [0.15, 0.2) is 11.0 Å². The van der Waals surface area contributed by atoms with E-state index in [9.17, 15) is 4.79 Å². The zero-order valence-electron chi connectivity index (χ0n) is 8.55. The first-order chi connectivity index (χ1) is 6.77. The molecule has 2 N–H and O–H groups in total. The first-order valence-corrected chi connectivity index (χ1v) is 5.19. The Morgan fingerprint density at radius 1 is 1.60 bits per heavy atom. The van der Waals surface area contributed by atoms with Crippen molar-refractivity contribution in [2.45, 2.75) is 19.8 Å². The highest BCUT2D eigenvalue weighted by molar-refractivity contribution is 6.17. The van der Waals surface area contributed by atoms with Crippen LogP contribution >= 0.6 is 24.0 Å². The third kappa shape index (κ3) is 4.53. The SMILES string of the molecule is CCCNc1ncc(CCCl)c(=O)[nH]1.Cl. The number of hydrogen-bond donors (Lipinski definition) is 2. The monoisotopic (exact) mass is 251 g/mol. The maximum Gasteiger partial charge on any atom is 0.255 e. The zero-order valence-corrected chi connectivity index (χ0v) is 10.1. The van der Waals surface area contributed by atoms with Gasteiger partial charge in [0.1, 0.15) is 0 Å². The van der Waals surface area contributed by atoms with Crippen LogP contribution in [-0.4, -0.2) is 22.4 Å². The van der Waals surface area contributed by atoms with Gasteiger partial charge in [0.15, 0.2) is 0 Å². The van der Waals surface area contributed by atoms with Gasteiger partial charge in [-0.25, -0.2) is 4.98 Å². The fourth-order valence-corrected chi connectivity index (χ4v) is 1.24. The average molecular weight is 252 g/mol. The molecule has 0 aliphatic heterocycles. The number of hydrogen-bond acceptors (Lipinski definition) is 3. The van der Waals surface area contributed by atoms with Crippen molar-refractivity contribution < 1.29 is 0 Å². The molecule has 0 spiro atoms. The van der Waals surface area contributed by atoms with Crippen LogP contribution in [0.25, 0.3) is 0 Å². The molecule has 6 heteroatoms. The summed E-state index contributed by atoms with van der Waals surface area (Å²) < 4.78 is 0. The molecule has 0 unspecified atom stereocenters. The molecule has 1 aromatic heterocycles. The molecule has 1 heterocycles. The van der Waals surface area contributed by atoms with Gasteiger partial charge in [-0.05, 0) is 12.8 Å². The van der Waals surface area contributed by atoms with Crippen molar-refractivity contribution in [3.8, 4) is 0 Å². The molecule has 0 saturated carbocycles. The van der Waals surface area contributed by atoms with Crippen molar-refractivity contribution in [3.63, 3.8) is 0 Å². The molecular formula is C9H15Cl2N3O. The lowest BCUT2D eigenvalue weighted by atomic mass is 10.3. The number of aromatic amines is 1. The second-order valence-corrected chi connectivity index (χ2v) is 3.33. The molecule has 0 amide bonds. The Hall–Kier alpha value is -0.740. The fraction of sp³-hybridized carbons (Fsp3) is 0.556. The van der Waals surface area contributed by atoms with Gasteiger partial charge in [0.05, 0.1) is 0 Å². The standard InChI is InChI=1S/C9H14ClN3O.ClH/c1-2-5-11-9-12-6-7(3-4-10)8(14)13-9;/h6H,2-5H2,1H3,(H2,11,12,13,14);1H. The van der Waals surface area contributed by atoms with Crippen LogP contribution in [0.4, 0.5) is 5.95 Å². The Bertz CT molecular complexity index is 340. The molecular weight excluding hydrogens is 237 g/mol. The van der Waals surface area contributed by atoms with Crippen molar-refractivity contribution >= 4 is 30.0 Å². The summed E-state index contributed by atoms with van der Waals surface area (Å²) in [6.07, 6.45) is 3.12. The molecule has 0 fully saturated rings. The number of halogens is 2. The maximum absolute atomic E-state index is 11.4. The van der Waals surface area contributed by atoms with E-state index in [0.717, 1.165) is 13.0 Å². The van der Waals surface area contributed by atoms with Crippen molar-refractivity contribution in [2.24, 2.45) is 0 Å². The molecule has 1 rings (SSSR count). The molecule has 15 heavy (non-hydrogen) atoms. The fourth-order valence-electron chi connectivity index (χ4n) is 1.03. The molecule has 0 saturated heterocycles. The Morgan fingerprint density at radius 3 is 2.87 bits per heavy atom. The van der Waals surface area contributed by atoms with Gasteiger partial charge in [-0.1, -0.05) is 6.92 Å². The summed E-state index contributed by atoms with van der Waals surface area (Å²) in [6.45, 7) is 2.85. The highest BCUT2D eigenvalue weighted by Gasteiger charge is 2.00. The molecule has 1 aromatic rings. The third-order valence-corrected chi connectivity index (χ3v) is 1.97. The molecule has 0 aromatic carbocycles. The second kappa shape index (κ2) is 7.54. The van der Waals surface area contributed by atoms with Crippen LogP contribution in [0.3, 0.4) is 0 Å². The van der Waals surface area contributed by atoms with E-state index in [-0.39, 0.29) is 18.0 Å². The highest BCUT2D eigenvalue weighted by atomic mass is 35.5. The minimum Gasteiger partial charge on any atom is -0.356 e. The molecule has 0 bridgehead atoms. The van der Waals surface area contributed by atoms with Gasteiger partial charge in [0.25, 0.3) is 5.56 Å². The van der Waals surface area contributed by atoms with Gasteiger partial charge in [0, 0.05) is 24.2 Å². The van der Waals surface area contributed by atoms with E-state index in [0.29, 0.717) is 23.8 Å². The summed E-state index contributed by atoms with van der Waals surface area (Å²) in [4.78, 5) is 18.1. The Morgan fingerprint density at radius 2 is 2.33 bits per heavy atom. The van der Waals surface area contributed by atoms with Gasteiger partial charge in [-0.2, -0.15) is 0 Å². The quantitative estimate of drug-likeness (QED) is 0.785. The molecule has 0 atom stereocenters. The lowest BCUT2D eigenvalue weighted by molar-refractivity contribution is 0.933. The van der Waals surface area contributed by atoms with Gasteiger partial charge in [-0.3, -0.25) is 9.78 Å². The first-order valence-electron chi connectivity index (χ1n) is 4.66.